The van der Waals surface area contributed by atoms with Gasteiger partial charge in [-0.25, -0.2) is 0 Å². The molecule has 1 aromatic heterocycles. The van der Waals surface area contributed by atoms with Crippen LogP contribution in [0.5, 0.6) is 5.75 Å². The van der Waals surface area contributed by atoms with Crippen molar-refractivity contribution in [2.75, 3.05) is 12.9 Å². The van der Waals surface area contributed by atoms with E-state index in [0.29, 0.717) is 34.8 Å². The van der Waals surface area contributed by atoms with Crippen molar-refractivity contribution in [3.63, 3.8) is 0 Å². The lowest BCUT2D eigenvalue weighted by atomic mass is 10.00. The maximum atomic E-state index is 12.1. The summed E-state index contributed by atoms with van der Waals surface area (Å²) in [7, 11) is -2.43. The zero-order chi connectivity index (χ0) is 25.0. The molecular formula is C27H25NO6S. The first-order valence-corrected chi connectivity index (χ1v) is 12.7. The lowest BCUT2D eigenvalue weighted by Crippen LogP contribution is -2.37. The van der Waals surface area contributed by atoms with E-state index in [0.717, 1.165) is 16.9 Å². The molecular weight excluding hydrogens is 466 g/mol. The van der Waals surface area contributed by atoms with Gasteiger partial charge in [-0.05, 0) is 41.8 Å². The SMILES string of the molecule is COc1ccc(C=Cc2ccc3c(C(=O)[O-])c4ccccc4[n+](CCCCS(=O)(=O)O)c3c2)cc1. The molecule has 0 fully saturated rings. The summed E-state index contributed by atoms with van der Waals surface area (Å²) in [5.74, 6) is -0.813. The van der Waals surface area contributed by atoms with Crippen LogP contribution in [0.1, 0.15) is 34.3 Å². The van der Waals surface area contributed by atoms with Crippen molar-refractivity contribution in [1.29, 1.82) is 0 Å². The monoisotopic (exact) mass is 491 g/mol. The van der Waals surface area contributed by atoms with Crippen molar-refractivity contribution in [3.8, 4) is 5.75 Å². The highest BCUT2D eigenvalue weighted by atomic mass is 32.2. The van der Waals surface area contributed by atoms with Gasteiger partial charge in [-0.1, -0.05) is 42.5 Å². The molecule has 0 aliphatic heterocycles. The van der Waals surface area contributed by atoms with Crippen molar-refractivity contribution in [2.45, 2.75) is 19.4 Å². The largest absolute Gasteiger partial charge is 0.545 e. The fourth-order valence-electron chi connectivity index (χ4n) is 4.20. The molecule has 0 aliphatic carbocycles. The zero-order valence-corrected chi connectivity index (χ0v) is 20.0. The highest BCUT2D eigenvalue weighted by Gasteiger charge is 2.21. The summed E-state index contributed by atoms with van der Waals surface area (Å²) in [6.07, 6.45) is 4.66. The Labute approximate surface area is 203 Å². The number of carbonyl (C=O) groups is 1. The first kappa shape index (κ1) is 24.4. The van der Waals surface area contributed by atoms with E-state index >= 15 is 0 Å². The van der Waals surface area contributed by atoms with Crippen LogP contribution in [0.3, 0.4) is 0 Å². The summed E-state index contributed by atoms with van der Waals surface area (Å²) in [6.45, 7) is 0.450. The standard InChI is InChI=1S/C27H25NO6S/c1-34-21-13-10-19(11-14-21)8-9-20-12-15-23-25(18-20)28(16-4-5-17-35(31,32)33)24-7-3-2-6-22(24)26(23)27(29)30/h2-3,6-15,18H,4-5,16-17H2,1H3,(H-,29,30,31,32,33). The Morgan fingerprint density at radius 1 is 0.943 bits per heavy atom. The number of rotatable bonds is 9. The second kappa shape index (κ2) is 10.2. The van der Waals surface area contributed by atoms with Gasteiger partial charge in [0.25, 0.3) is 10.1 Å². The van der Waals surface area contributed by atoms with Gasteiger partial charge in [-0.2, -0.15) is 13.0 Å². The van der Waals surface area contributed by atoms with E-state index in [2.05, 4.69) is 0 Å². The van der Waals surface area contributed by atoms with Crippen molar-refractivity contribution >= 4 is 50.0 Å². The number of pyridine rings is 1. The minimum Gasteiger partial charge on any atom is -0.545 e. The first-order valence-electron chi connectivity index (χ1n) is 11.1. The molecule has 0 saturated heterocycles. The van der Waals surface area contributed by atoms with E-state index in [4.69, 9.17) is 9.29 Å². The second-order valence-corrected chi connectivity index (χ2v) is 9.78. The van der Waals surface area contributed by atoms with Gasteiger partial charge in [0.05, 0.1) is 29.6 Å². The molecule has 180 valence electrons. The molecule has 1 N–H and O–H groups in total. The molecule has 4 aromatic rings. The van der Waals surface area contributed by atoms with E-state index in [1.165, 1.54) is 0 Å². The Hall–Kier alpha value is -3.75. The molecule has 0 radical (unpaired) electrons. The average Bonchev–Trinajstić information content (AvgIpc) is 2.84. The molecule has 4 rings (SSSR count). The summed E-state index contributed by atoms with van der Waals surface area (Å²) < 4.78 is 38.5. The fourth-order valence-corrected chi connectivity index (χ4v) is 4.77. The van der Waals surface area contributed by atoms with Gasteiger partial charge in [-0.3, -0.25) is 4.55 Å². The zero-order valence-electron chi connectivity index (χ0n) is 19.2. The average molecular weight is 492 g/mol. The maximum Gasteiger partial charge on any atom is 0.264 e. The number of aromatic carboxylic acids is 1. The predicted octanol–water partition coefficient (Wildman–Crippen LogP) is 3.49. The van der Waals surface area contributed by atoms with Crippen molar-refractivity contribution in [2.24, 2.45) is 0 Å². The van der Waals surface area contributed by atoms with Gasteiger partial charge < -0.3 is 14.6 Å². The molecule has 8 heteroatoms. The number of hydrogen-bond acceptors (Lipinski definition) is 5. The molecule has 0 spiro atoms. The Balaban J connectivity index is 1.80. The molecule has 0 bridgehead atoms. The number of nitrogens with zero attached hydrogens (tertiary/aromatic N) is 1. The third kappa shape index (κ3) is 5.67. The van der Waals surface area contributed by atoms with E-state index in [1.807, 2.05) is 65.3 Å². The molecule has 0 unspecified atom stereocenters. The van der Waals surface area contributed by atoms with Crippen molar-refractivity contribution < 1.29 is 32.2 Å². The van der Waals surface area contributed by atoms with Crippen LogP contribution in [0.15, 0.2) is 66.7 Å². The Morgan fingerprint density at radius 2 is 1.60 bits per heavy atom. The Kier molecular flexibility index (Phi) is 7.14. The van der Waals surface area contributed by atoms with Crippen LogP contribution in [0.2, 0.25) is 0 Å². The number of aromatic nitrogens is 1. The van der Waals surface area contributed by atoms with Gasteiger partial charge in [0.1, 0.15) is 12.3 Å². The van der Waals surface area contributed by atoms with E-state index < -0.39 is 16.1 Å². The lowest BCUT2D eigenvalue weighted by molar-refractivity contribution is -0.645. The minimum absolute atomic E-state index is 0.121. The van der Waals surface area contributed by atoms with Crippen LogP contribution in [0, 0.1) is 0 Å². The molecule has 35 heavy (non-hydrogen) atoms. The number of hydrogen-bond donors (Lipinski definition) is 1. The molecule has 0 aliphatic rings. The summed E-state index contributed by atoms with van der Waals surface area (Å²) in [6, 6.07) is 20.3. The number of ether oxygens (including phenoxy) is 1. The van der Waals surface area contributed by atoms with Crippen LogP contribution in [0.4, 0.5) is 0 Å². The molecule has 1 heterocycles. The number of carbonyl (C=O) groups excluding carboxylic acids is 1. The number of methoxy groups -OCH3 is 1. The maximum absolute atomic E-state index is 12.1. The van der Waals surface area contributed by atoms with Crippen LogP contribution in [-0.2, 0) is 16.7 Å². The molecule has 3 aromatic carbocycles. The fraction of sp³-hybridized carbons (Fsp3) is 0.185. The first-order chi connectivity index (χ1) is 16.8. The number of para-hydroxylation sites is 1. The third-order valence-electron chi connectivity index (χ3n) is 5.87. The molecule has 0 amide bonds. The van der Waals surface area contributed by atoms with Crippen molar-refractivity contribution in [1.82, 2.24) is 0 Å². The van der Waals surface area contributed by atoms with Crippen molar-refractivity contribution in [3.05, 3.63) is 83.4 Å². The number of carboxylic acid groups (broad SMARTS) is 1. The summed E-state index contributed by atoms with van der Waals surface area (Å²) in [5.41, 5.74) is 3.39. The van der Waals surface area contributed by atoms with Crippen LogP contribution in [0.25, 0.3) is 34.0 Å². The number of carboxylic acids is 1. The Morgan fingerprint density at radius 3 is 2.29 bits per heavy atom. The number of aryl methyl sites for hydroxylation is 1. The molecule has 0 atom stereocenters. The smallest absolute Gasteiger partial charge is 0.264 e. The second-order valence-electron chi connectivity index (χ2n) is 8.21. The van der Waals surface area contributed by atoms with Gasteiger partial charge in [0.15, 0.2) is 0 Å². The Bertz CT molecular complexity index is 1530. The number of benzene rings is 3. The number of unbranched alkanes of at least 4 members (excludes halogenated alkanes) is 1. The summed E-state index contributed by atoms with van der Waals surface area (Å²) in [4.78, 5) is 12.1. The van der Waals surface area contributed by atoms with Gasteiger partial charge in [0.2, 0.25) is 11.0 Å². The van der Waals surface area contributed by atoms with Gasteiger partial charge in [0, 0.05) is 24.1 Å². The highest BCUT2D eigenvalue weighted by molar-refractivity contribution is 7.85. The van der Waals surface area contributed by atoms with E-state index in [1.54, 1.807) is 25.3 Å². The van der Waals surface area contributed by atoms with E-state index in [-0.39, 0.29) is 17.7 Å². The van der Waals surface area contributed by atoms with Crippen LogP contribution < -0.4 is 14.4 Å². The third-order valence-corrected chi connectivity index (χ3v) is 6.67. The van der Waals surface area contributed by atoms with Crippen LogP contribution >= 0.6 is 0 Å². The van der Waals surface area contributed by atoms with Gasteiger partial charge in [-0.15, -0.1) is 0 Å². The quantitative estimate of drug-likeness (QED) is 0.126. The lowest BCUT2D eigenvalue weighted by Gasteiger charge is -2.13. The van der Waals surface area contributed by atoms with Gasteiger partial charge >= 0.3 is 0 Å². The normalized spacial score (nSPS) is 11.9. The molecule has 0 saturated carbocycles. The van der Waals surface area contributed by atoms with E-state index in [9.17, 15) is 18.3 Å². The molecule has 7 nitrogen and oxygen atoms in total. The number of fused-ring (bicyclic) bond motifs is 2. The summed E-state index contributed by atoms with van der Waals surface area (Å²) >= 11 is 0. The van der Waals surface area contributed by atoms with Crippen LogP contribution in [-0.4, -0.2) is 31.8 Å². The minimum atomic E-state index is -4.04. The highest BCUT2D eigenvalue weighted by Crippen LogP contribution is 2.26. The topological polar surface area (TPSA) is 108 Å². The summed E-state index contributed by atoms with van der Waals surface area (Å²) in [5, 5.41) is 13.2. The predicted molar refractivity (Wildman–Crippen MR) is 134 cm³/mol.